The van der Waals surface area contributed by atoms with Crippen LogP contribution in [0.15, 0.2) is 35.1 Å². The first-order chi connectivity index (χ1) is 10.2. The molecule has 6 nitrogen and oxygen atoms in total. The van der Waals surface area contributed by atoms with E-state index >= 15 is 0 Å². The number of hydrogen-bond donors (Lipinski definition) is 0. The molecule has 0 saturated carbocycles. The van der Waals surface area contributed by atoms with E-state index in [1.807, 2.05) is 17.9 Å². The molecule has 3 aliphatic heterocycles. The fourth-order valence-corrected chi connectivity index (χ4v) is 3.28. The average molecular weight is 284 g/mol. The highest BCUT2D eigenvalue weighted by Gasteiger charge is 2.48. The Kier molecular flexibility index (Phi) is 2.70. The van der Waals surface area contributed by atoms with Crippen LogP contribution in [0.2, 0.25) is 0 Å². The molecular weight excluding hydrogens is 268 g/mol. The third kappa shape index (κ3) is 1.98. The van der Waals surface area contributed by atoms with Crippen LogP contribution in [0, 0.1) is 6.92 Å². The summed E-state index contributed by atoms with van der Waals surface area (Å²) in [5.74, 6) is 2.15. The van der Waals surface area contributed by atoms with Crippen LogP contribution in [0.1, 0.15) is 22.8 Å². The molecule has 2 atom stereocenters. The molecule has 2 aromatic rings. The molecule has 6 heteroatoms. The van der Waals surface area contributed by atoms with Crippen LogP contribution in [0.4, 0.5) is 5.82 Å². The molecule has 2 unspecified atom stereocenters. The van der Waals surface area contributed by atoms with E-state index in [4.69, 9.17) is 4.42 Å². The first kappa shape index (κ1) is 12.4. The smallest absolute Gasteiger partial charge is 0.290 e. The molecule has 0 radical (unpaired) electrons. The minimum absolute atomic E-state index is 0.000215. The van der Waals surface area contributed by atoms with Gasteiger partial charge in [-0.15, -0.1) is 0 Å². The van der Waals surface area contributed by atoms with E-state index in [0.29, 0.717) is 5.76 Å². The Labute approximate surface area is 122 Å². The zero-order valence-corrected chi connectivity index (χ0v) is 11.8. The molecule has 108 valence electrons. The summed E-state index contributed by atoms with van der Waals surface area (Å²) in [6.07, 6.45) is 4.38. The molecule has 3 saturated heterocycles. The molecule has 0 aliphatic carbocycles. The van der Waals surface area contributed by atoms with Gasteiger partial charge in [0.2, 0.25) is 0 Å². The third-order valence-electron chi connectivity index (χ3n) is 4.25. The number of furan rings is 1. The SMILES string of the molecule is Cc1nccc(N2CC3CC(C2)N3C(=O)c2ccco2)n1. The number of piperazine rings is 1. The van der Waals surface area contributed by atoms with E-state index in [0.717, 1.165) is 31.2 Å². The van der Waals surface area contributed by atoms with Gasteiger partial charge < -0.3 is 14.2 Å². The zero-order valence-electron chi connectivity index (χ0n) is 11.8. The minimum Gasteiger partial charge on any atom is -0.459 e. The highest BCUT2D eigenvalue weighted by molar-refractivity contribution is 5.92. The van der Waals surface area contributed by atoms with Gasteiger partial charge in [0.1, 0.15) is 11.6 Å². The topological polar surface area (TPSA) is 62.5 Å². The Hall–Kier alpha value is -2.37. The van der Waals surface area contributed by atoms with Crippen molar-refractivity contribution in [1.82, 2.24) is 14.9 Å². The van der Waals surface area contributed by atoms with Crippen molar-refractivity contribution < 1.29 is 9.21 Å². The van der Waals surface area contributed by atoms with Crippen LogP contribution >= 0.6 is 0 Å². The molecule has 3 fully saturated rings. The summed E-state index contributed by atoms with van der Waals surface area (Å²) in [6.45, 7) is 3.53. The van der Waals surface area contributed by atoms with E-state index in [1.165, 1.54) is 0 Å². The number of fused-ring (bicyclic) bond motifs is 2. The van der Waals surface area contributed by atoms with E-state index < -0.39 is 0 Å². The monoisotopic (exact) mass is 284 g/mol. The number of amides is 1. The maximum atomic E-state index is 12.4. The number of nitrogens with zero attached hydrogens (tertiary/aromatic N) is 4. The molecule has 0 N–H and O–H groups in total. The van der Waals surface area contributed by atoms with Gasteiger partial charge in [-0.25, -0.2) is 9.97 Å². The summed E-state index contributed by atoms with van der Waals surface area (Å²) in [6, 6.07) is 5.89. The van der Waals surface area contributed by atoms with Crippen molar-refractivity contribution in [2.24, 2.45) is 0 Å². The van der Waals surface area contributed by atoms with Crippen molar-refractivity contribution in [2.75, 3.05) is 18.0 Å². The first-order valence-electron chi connectivity index (χ1n) is 7.13. The molecular formula is C15H16N4O2. The Balaban J connectivity index is 1.50. The van der Waals surface area contributed by atoms with Crippen LogP contribution in [0.25, 0.3) is 0 Å². The lowest BCUT2D eigenvalue weighted by Crippen LogP contribution is -2.70. The van der Waals surface area contributed by atoms with Gasteiger partial charge in [-0.1, -0.05) is 0 Å². The summed E-state index contributed by atoms with van der Waals surface area (Å²) in [4.78, 5) is 25.2. The first-order valence-corrected chi connectivity index (χ1v) is 7.13. The number of hydrogen-bond acceptors (Lipinski definition) is 5. The maximum Gasteiger partial charge on any atom is 0.290 e. The zero-order chi connectivity index (χ0) is 14.4. The number of piperidine rings is 1. The van der Waals surface area contributed by atoms with E-state index in [1.54, 1.807) is 24.6 Å². The number of carbonyl (C=O) groups is 1. The minimum atomic E-state index is -0.000215. The van der Waals surface area contributed by atoms with E-state index in [-0.39, 0.29) is 18.0 Å². The third-order valence-corrected chi connectivity index (χ3v) is 4.25. The molecule has 0 aromatic carbocycles. The van der Waals surface area contributed by atoms with Crippen molar-refractivity contribution >= 4 is 11.7 Å². The van der Waals surface area contributed by atoms with Gasteiger partial charge >= 0.3 is 0 Å². The number of rotatable bonds is 2. The van der Waals surface area contributed by atoms with Crippen molar-refractivity contribution in [2.45, 2.75) is 25.4 Å². The van der Waals surface area contributed by atoms with Gasteiger partial charge in [-0.2, -0.15) is 0 Å². The molecule has 1 amide bonds. The van der Waals surface area contributed by atoms with E-state index in [2.05, 4.69) is 14.9 Å². The predicted molar refractivity (Wildman–Crippen MR) is 76.1 cm³/mol. The van der Waals surface area contributed by atoms with Crippen LogP contribution in [-0.2, 0) is 0 Å². The normalized spacial score (nSPS) is 23.9. The summed E-state index contributed by atoms with van der Waals surface area (Å²) in [7, 11) is 0. The number of anilines is 1. The largest absolute Gasteiger partial charge is 0.459 e. The fraction of sp³-hybridized carbons (Fsp3) is 0.400. The summed E-state index contributed by atoms with van der Waals surface area (Å²) < 4.78 is 5.22. The van der Waals surface area contributed by atoms with Gasteiger partial charge in [0, 0.05) is 19.3 Å². The fourth-order valence-electron chi connectivity index (χ4n) is 3.28. The highest BCUT2D eigenvalue weighted by atomic mass is 16.3. The molecule has 5 rings (SSSR count). The summed E-state index contributed by atoms with van der Waals surface area (Å²) in [5.41, 5.74) is 0. The molecule has 21 heavy (non-hydrogen) atoms. The molecule has 5 heterocycles. The van der Waals surface area contributed by atoms with Crippen LogP contribution in [0.3, 0.4) is 0 Å². The number of carbonyl (C=O) groups excluding carboxylic acids is 1. The number of aromatic nitrogens is 2. The van der Waals surface area contributed by atoms with Crippen molar-refractivity contribution in [1.29, 1.82) is 0 Å². The predicted octanol–water partition coefficient (Wildman–Crippen LogP) is 1.48. The highest BCUT2D eigenvalue weighted by Crippen LogP contribution is 2.35. The van der Waals surface area contributed by atoms with Gasteiger partial charge in [0.15, 0.2) is 5.76 Å². The second-order valence-corrected chi connectivity index (χ2v) is 5.60. The van der Waals surface area contributed by atoms with Crippen molar-refractivity contribution in [3.05, 3.63) is 42.2 Å². The quantitative estimate of drug-likeness (QED) is 0.836. The lowest BCUT2D eigenvalue weighted by molar-refractivity contribution is 0.00314. The molecule has 0 spiro atoms. The Bertz CT molecular complexity index is 658. The average Bonchev–Trinajstić information content (AvgIpc) is 3.01. The van der Waals surface area contributed by atoms with Crippen LogP contribution in [0.5, 0.6) is 0 Å². The Morgan fingerprint density at radius 3 is 2.81 bits per heavy atom. The standard InChI is InChI=1S/C15H16N4O2/c1-10-16-5-4-14(17-10)18-8-11-7-12(9-18)19(11)15(20)13-3-2-6-21-13/h2-6,11-12H,7-9H2,1H3. The van der Waals surface area contributed by atoms with Crippen LogP contribution < -0.4 is 4.90 Å². The Morgan fingerprint density at radius 1 is 1.33 bits per heavy atom. The van der Waals surface area contributed by atoms with Gasteiger partial charge in [-0.05, 0) is 31.5 Å². The Morgan fingerprint density at radius 2 is 2.14 bits per heavy atom. The summed E-state index contributed by atoms with van der Waals surface area (Å²) >= 11 is 0. The van der Waals surface area contributed by atoms with Gasteiger partial charge in [-0.3, -0.25) is 4.79 Å². The maximum absolute atomic E-state index is 12.4. The van der Waals surface area contributed by atoms with Crippen molar-refractivity contribution in [3.63, 3.8) is 0 Å². The molecule has 3 aliphatic rings. The lowest BCUT2D eigenvalue weighted by Gasteiger charge is -2.56. The second kappa shape index (κ2) is 4.58. The number of aryl methyl sites for hydroxylation is 1. The summed E-state index contributed by atoms with van der Waals surface area (Å²) in [5, 5.41) is 0. The van der Waals surface area contributed by atoms with Crippen LogP contribution in [-0.4, -0.2) is 45.9 Å². The molecule has 2 aromatic heterocycles. The van der Waals surface area contributed by atoms with Gasteiger partial charge in [0.05, 0.1) is 18.3 Å². The van der Waals surface area contributed by atoms with Crippen molar-refractivity contribution in [3.8, 4) is 0 Å². The molecule has 2 bridgehead atoms. The van der Waals surface area contributed by atoms with Gasteiger partial charge in [0.25, 0.3) is 5.91 Å². The lowest BCUT2D eigenvalue weighted by atomic mass is 9.87. The van der Waals surface area contributed by atoms with E-state index in [9.17, 15) is 4.79 Å². The second-order valence-electron chi connectivity index (χ2n) is 5.60.